The van der Waals surface area contributed by atoms with Crippen molar-refractivity contribution in [3.05, 3.63) is 0 Å². The van der Waals surface area contributed by atoms with Crippen molar-refractivity contribution in [2.24, 2.45) is 11.8 Å². The molecule has 14 heavy (non-hydrogen) atoms. The van der Waals surface area contributed by atoms with Crippen molar-refractivity contribution >= 4 is 0 Å². The van der Waals surface area contributed by atoms with E-state index in [0.29, 0.717) is 0 Å². The Bertz CT molecular complexity index is 172. The van der Waals surface area contributed by atoms with Crippen molar-refractivity contribution in [1.82, 2.24) is 5.32 Å². The van der Waals surface area contributed by atoms with Gasteiger partial charge in [-0.3, -0.25) is 0 Å². The van der Waals surface area contributed by atoms with Gasteiger partial charge in [0.2, 0.25) is 0 Å². The molecule has 0 amide bonds. The molecule has 0 aromatic heterocycles. The molecule has 0 bridgehead atoms. The Morgan fingerprint density at radius 3 is 2.29 bits per heavy atom. The Morgan fingerprint density at radius 1 is 0.786 bits per heavy atom. The molecule has 2 rings (SSSR count). The molecule has 0 saturated heterocycles. The Balaban J connectivity index is 1.69. The fraction of sp³-hybridized carbons (Fsp3) is 1.00. The quantitative estimate of drug-likeness (QED) is 0.666. The summed E-state index contributed by atoms with van der Waals surface area (Å²) in [5.41, 5.74) is 0. The fourth-order valence-corrected chi connectivity index (χ4v) is 3.03. The van der Waals surface area contributed by atoms with Crippen LogP contribution in [0.3, 0.4) is 0 Å². The molecule has 2 fully saturated rings. The monoisotopic (exact) mass is 195 g/mol. The lowest BCUT2D eigenvalue weighted by atomic mass is 9.81. The summed E-state index contributed by atoms with van der Waals surface area (Å²) in [7, 11) is 0. The molecule has 0 aromatic rings. The van der Waals surface area contributed by atoms with Crippen LogP contribution in [0.2, 0.25) is 0 Å². The first-order valence-electron chi connectivity index (χ1n) is 6.50. The second kappa shape index (κ2) is 4.65. The molecule has 0 radical (unpaired) electrons. The molecular formula is C13H25N. The zero-order valence-electron chi connectivity index (χ0n) is 9.76. The van der Waals surface area contributed by atoms with E-state index in [1.165, 1.54) is 44.9 Å². The number of nitrogens with one attached hydrogen (secondary N) is 1. The highest BCUT2D eigenvalue weighted by atomic mass is 15.0. The van der Waals surface area contributed by atoms with E-state index in [1.807, 2.05) is 0 Å². The minimum atomic E-state index is 0.845. The summed E-state index contributed by atoms with van der Waals surface area (Å²) in [6, 6.07) is 1.71. The second-order valence-corrected chi connectivity index (χ2v) is 5.75. The average molecular weight is 195 g/mol. The molecule has 0 spiro atoms. The van der Waals surface area contributed by atoms with Gasteiger partial charge in [-0.1, -0.05) is 26.7 Å². The van der Waals surface area contributed by atoms with Crippen LogP contribution in [-0.2, 0) is 0 Å². The first-order chi connectivity index (χ1) is 6.74. The van der Waals surface area contributed by atoms with Crippen molar-refractivity contribution < 1.29 is 0 Å². The molecule has 2 atom stereocenters. The maximum atomic E-state index is 3.85. The van der Waals surface area contributed by atoms with Gasteiger partial charge in [0.1, 0.15) is 0 Å². The highest BCUT2D eigenvalue weighted by Gasteiger charge is 2.27. The van der Waals surface area contributed by atoms with Gasteiger partial charge in [0.25, 0.3) is 0 Å². The zero-order chi connectivity index (χ0) is 9.97. The van der Waals surface area contributed by atoms with Gasteiger partial charge in [0, 0.05) is 12.1 Å². The molecular weight excluding hydrogens is 170 g/mol. The minimum absolute atomic E-state index is 0.845. The zero-order valence-corrected chi connectivity index (χ0v) is 9.76. The lowest BCUT2D eigenvalue weighted by Gasteiger charge is -2.36. The van der Waals surface area contributed by atoms with E-state index in [0.717, 1.165) is 23.9 Å². The highest BCUT2D eigenvalue weighted by Crippen LogP contribution is 2.29. The number of hydrogen-bond acceptors (Lipinski definition) is 1. The fourth-order valence-electron chi connectivity index (χ4n) is 3.03. The van der Waals surface area contributed by atoms with Crippen LogP contribution in [0.5, 0.6) is 0 Å². The van der Waals surface area contributed by atoms with E-state index in [9.17, 15) is 0 Å². The van der Waals surface area contributed by atoms with Gasteiger partial charge in [0.05, 0.1) is 0 Å². The van der Waals surface area contributed by atoms with Gasteiger partial charge in [-0.05, 0) is 43.9 Å². The molecule has 0 heterocycles. The van der Waals surface area contributed by atoms with Crippen molar-refractivity contribution in [3.63, 3.8) is 0 Å². The summed E-state index contributed by atoms with van der Waals surface area (Å²) in [5.74, 6) is 1.96. The Hall–Kier alpha value is -0.0400. The molecule has 0 aliphatic heterocycles. The van der Waals surface area contributed by atoms with Crippen LogP contribution in [0, 0.1) is 11.8 Å². The molecule has 82 valence electrons. The molecule has 2 saturated carbocycles. The highest BCUT2D eigenvalue weighted by molar-refractivity contribution is 4.86. The summed E-state index contributed by atoms with van der Waals surface area (Å²) < 4.78 is 0. The third-order valence-corrected chi connectivity index (χ3v) is 4.10. The van der Waals surface area contributed by atoms with E-state index in [4.69, 9.17) is 0 Å². The van der Waals surface area contributed by atoms with Gasteiger partial charge < -0.3 is 5.32 Å². The first-order valence-corrected chi connectivity index (χ1v) is 6.50. The standard InChI is InChI=1S/C13H25N/c1-10-4-3-5-12(7-6-10)14-13-8-11(2)9-13/h10-14H,3-9H2,1-2H3. The molecule has 1 heteroatoms. The smallest absolute Gasteiger partial charge is 0.00747 e. The van der Waals surface area contributed by atoms with Crippen LogP contribution >= 0.6 is 0 Å². The average Bonchev–Trinajstić information content (AvgIpc) is 2.29. The molecule has 2 unspecified atom stereocenters. The normalized spacial score (nSPS) is 44.1. The Labute approximate surface area is 88.7 Å². The van der Waals surface area contributed by atoms with Crippen LogP contribution in [0.25, 0.3) is 0 Å². The summed E-state index contributed by atoms with van der Waals surface area (Å²) >= 11 is 0. The van der Waals surface area contributed by atoms with Gasteiger partial charge >= 0.3 is 0 Å². The van der Waals surface area contributed by atoms with E-state index >= 15 is 0 Å². The molecule has 2 aliphatic rings. The SMILES string of the molecule is CC1CCCC(NC2CC(C)C2)CC1. The molecule has 0 aromatic carbocycles. The van der Waals surface area contributed by atoms with E-state index in [2.05, 4.69) is 19.2 Å². The van der Waals surface area contributed by atoms with E-state index in [-0.39, 0.29) is 0 Å². The number of rotatable bonds is 2. The van der Waals surface area contributed by atoms with Gasteiger partial charge in [-0.15, -0.1) is 0 Å². The van der Waals surface area contributed by atoms with Crippen LogP contribution in [-0.4, -0.2) is 12.1 Å². The predicted octanol–water partition coefficient (Wildman–Crippen LogP) is 3.34. The summed E-state index contributed by atoms with van der Waals surface area (Å²) in [6.45, 7) is 4.78. The van der Waals surface area contributed by atoms with Crippen molar-refractivity contribution in [3.8, 4) is 0 Å². The second-order valence-electron chi connectivity index (χ2n) is 5.75. The van der Waals surface area contributed by atoms with Gasteiger partial charge in [-0.25, -0.2) is 0 Å². The van der Waals surface area contributed by atoms with Crippen LogP contribution in [0.15, 0.2) is 0 Å². The van der Waals surface area contributed by atoms with Crippen molar-refractivity contribution in [2.75, 3.05) is 0 Å². The molecule has 1 N–H and O–H groups in total. The summed E-state index contributed by atoms with van der Waals surface area (Å²) in [5, 5.41) is 3.85. The largest absolute Gasteiger partial charge is 0.311 e. The lowest BCUT2D eigenvalue weighted by molar-refractivity contribution is 0.215. The molecule has 2 aliphatic carbocycles. The lowest BCUT2D eigenvalue weighted by Crippen LogP contribution is -2.45. The summed E-state index contributed by atoms with van der Waals surface area (Å²) in [4.78, 5) is 0. The predicted molar refractivity (Wildman–Crippen MR) is 61.4 cm³/mol. The van der Waals surface area contributed by atoms with Gasteiger partial charge in [-0.2, -0.15) is 0 Å². The first kappa shape index (κ1) is 10.5. The topological polar surface area (TPSA) is 12.0 Å². The molecule has 1 nitrogen and oxygen atoms in total. The van der Waals surface area contributed by atoms with Crippen molar-refractivity contribution in [1.29, 1.82) is 0 Å². The maximum Gasteiger partial charge on any atom is 0.00747 e. The van der Waals surface area contributed by atoms with E-state index < -0.39 is 0 Å². The van der Waals surface area contributed by atoms with E-state index in [1.54, 1.807) is 0 Å². The van der Waals surface area contributed by atoms with Gasteiger partial charge in [0.15, 0.2) is 0 Å². The van der Waals surface area contributed by atoms with Crippen LogP contribution < -0.4 is 5.32 Å². The maximum absolute atomic E-state index is 3.85. The minimum Gasteiger partial charge on any atom is -0.311 e. The van der Waals surface area contributed by atoms with Crippen LogP contribution in [0.1, 0.15) is 58.8 Å². The van der Waals surface area contributed by atoms with Crippen molar-refractivity contribution in [2.45, 2.75) is 70.9 Å². The third kappa shape index (κ3) is 2.73. The summed E-state index contributed by atoms with van der Waals surface area (Å²) in [6.07, 6.45) is 10.0. The third-order valence-electron chi connectivity index (χ3n) is 4.10. The number of hydrogen-bond donors (Lipinski definition) is 1. The Kier molecular flexibility index (Phi) is 3.48. The van der Waals surface area contributed by atoms with Crippen LogP contribution in [0.4, 0.5) is 0 Å². The Morgan fingerprint density at radius 2 is 1.57 bits per heavy atom.